The summed E-state index contributed by atoms with van der Waals surface area (Å²) in [5.41, 5.74) is 1.99. The van der Waals surface area contributed by atoms with Gasteiger partial charge in [-0.2, -0.15) is 0 Å². The molecule has 1 aromatic heterocycles. The van der Waals surface area contributed by atoms with E-state index < -0.39 is 13.0 Å². The van der Waals surface area contributed by atoms with E-state index in [0.717, 1.165) is 31.2 Å². The number of aromatic nitrogens is 1. The molecule has 1 heterocycles. The predicted molar refractivity (Wildman–Crippen MR) is 76.8 cm³/mol. The average Bonchev–Trinajstić information content (AvgIpc) is 2.45. The van der Waals surface area contributed by atoms with Crippen molar-refractivity contribution in [1.29, 1.82) is 0 Å². The number of rotatable bonds is 3. The molecule has 0 unspecified atom stereocenters. The van der Waals surface area contributed by atoms with E-state index in [4.69, 9.17) is 0 Å². The molecule has 0 spiro atoms. The summed E-state index contributed by atoms with van der Waals surface area (Å²) in [5, 5.41) is 19.0. The first-order valence-electron chi connectivity index (χ1n) is 7.70. The van der Waals surface area contributed by atoms with Gasteiger partial charge >= 0.3 is 7.12 Å². The SMILES string of the molecule is OB(O)c1cnc(C2CC(F)(F)C2)cc1C1CCCCC1. The summed E-state index contributed by atoms with van der Waals surface area (Å²) in [4.78, 5) is 4.19. The van der Waals surface area contributed by atoms with E-state index in [-0.39, 0.29) is 24.7 Å². The third-order valence-corrected chi connectivity index (χ3v) is 4.82. The molecule has 0 radical (unpaired) electrons. The van der Waals surface area contributed by atoms with Crippen LogP contribution in [0.25, 0.3) is 0 Å². The van der Waals surface area contributed by atoms with Gasteiger partial charge in [0.1, 0.15) is 0 Å². The van der Waals surface area contributed by atoms with Crippen LogP contribution >= 0.6 is 0 Å². The molecule has 0 atom stereocenters. The van der Waals surface area contributed by atoms with Gasteiger partial charge in [-0.1, -0.05) is 19.3 Å². The second kappa shape index (κ2) is 5.65. The Morgan fingerprint density at radius 3 is 2.33 bits per heavy atom. The molecule has 2 aliphatic carbocycles. The van der Waals surface area contributed by atoms with Crippen LogP contribution in [0.1, 0.15) is 68.0 Å². The lowest BCUT2D eigenvalue weighted by Gasteiger charge is -2.35. The number of nitrogens with zero attached hydrogens (tertiary/aromatic N) is 1. The number of halogens is 2. The van der Waals surface area contributed by atoms with E-state index in [9.17, 15) is 18.8 Å². The smallest absolute Gasteiger partial charge is 0.423 e. The average molecular weight is 295 g/mol. The van der Waals surface area contributed by atoms with Crippen LogP contribution in [0.3, 0.4) is 0 Å². The number of hydrogen-bond donors (Lipinski definition) is 2. The fraction of sp³-hybridized carbons (Fsp3) is 0.667. The molecule has 114 valence electrons. The second-order valence-corrected chi connectivity index (χ2v) is 6.41. The standard InChI is InChI=1S/C15H20BF2NO2/c17-15(18)7-11(8-15)14-6-12(10-4-2-1-3-5-10)13(9-19-14)16(20)21/h6,9-11,20-21H,1-5,7-8H2. The number of hydrogen-bond acceptors (Lipinski definition) is 3. The van der Waals surface area contributed by atoms with Gasteiger partial charge in [0.05, 0.1) is 0 Å². The Morgan fingerprint density at radius 2 is 1.76 bits per heavy atom. The summed E-state index contributed by atoms with van der Waals surface area (Å²) in [5.74, 6) is -2.47. The summed E-state index contributed by atoms with van der Waals surface area (Å²) < 4.78 is 26.1. The molecule has 2 aliphatic rings. The third-order valence-electron chi connectivity index (χ3n) is 4.82. The molecule has 2 saturated carbocycles. The highest BCUT2D eigenvalue weighted by Gasteiger charge is 2.46. The minimum Gasteiger partial charge on any atom is -0.423 e. The minimum absolute atomic E-state index is 0.148. The lowest BCUT2D eigenvalue weighted by molar-refractivity contribution is -0.0876. The third kappa shape index (κ3) is 3.11. The van der Waals surface area contributed by atoms with Crippen molar-refractivity contribution in [3.8, 4) is 0 Å². The van der Waals surface area contributed by atoms with Crippen molar-refractivity contribution in [1.82, 2.24) is 4.98 Å². The van der Waals surface area contributed by atoms with Gasteiger partial charge in [0.15, 0.2) is 0 Å². The van der Waals surface area contributed by atoms with Crippen LogP contribution in [0.2, 0.25) is 0 Å². The topological polar surface area (TPSA) is 53.4 Å². The van der Waals surface area contributed by atoms with Gasteiger partial charge in [0.25, 0.3) is 0 Å². The summed E-state index contributed by atoms with van der Waals surface area (Å²) in [6, 6.07) is 1.84. The number of pyridine rings is 1. The van der Waals surface area contributed by atoms with E-state index in [1.54, 1.807) is 0 Å². The zero-order valence-electron chi connectivity index (χ0n) is 11.9. The fourth-order valence-electron chi connectivity index (χ4n) is 3.58. The van der Waals surface area contributed by atoms with Gasteiger partial charge in [-0.3, -0.25) is 4.98 Å². The zero-order valence-corrected chi connectivity index (χ0v) is 11.9. The molecule has 3 nitrogen and oxygen atoms in total. The first-order valence-corrected chi connectivity index (χ1v) is 7.70. The van der Waals surface area contributed by atoms with Crippen LogP contribution in [0, 0.1) is 0 Å². The van der Waals surface area contributed by atoms with E-state index >= 15 is 0 Å². The van der Waals surface area contributed by atoms with Crippen molar-refractivity contribution in [3.05, 3.63) is 23.5 Å². The van der Waals surface area contributed by atoms with E-state index in [1.165, 1.54) is 12.6 Å². The quantitative estimate of drug-likeness (QED) is 0.841. The lowest BCUT2D eigenvalue weighted by atomic mass is 9.70. The molecule has 1 aromatic rings. The summed E-state index contributed by atoms with van der Waals surface area (Å²) in [6.45, 7) is 0. The van der Waals surface area contributed by atoms with Gasteiger partial charge < -0.3 is 10.0 Å². The maximum atomic E-state index is 13.0. The van der Waals surface area contributed by atoms with E-state index in [2.05, 4.69) is 4.98 Å². The molecule has 3 rings (SSSR count). The Labute approximate surface area is 123 Å². The minimum atomic E-state index is -2.56. The van der Waals surface area contributed by atoms with Gasteiger partial charge in [0, 0.05) is 36.1 Å². The molecular formula is C15H20BF2NO2. The van der Waals surface area contributed by atoms with Crippen LogP contribution in [0.15, 0.2) is 12.3 Å². The van der Waals surface area contributed by atoms with Crippen molar-refractivity contribution in [2.45, 2.75) is 62.7 Å². The van der Waals surface area contributed by atoms with Crippen LogP contribution in [-0.2, 0) is 0 Å². The Hall–Kier alpha value is -1.01. The highest BCUT2D eigenvalue weighted by Crippen LogP contribution is 2.48. The van der Waals surface area contributed by atoms with Crippen molar-refractivity contribution >= 4 is 12.6 Å². The maximum absolute atomic E-state index is 13.0. The zero-order chi connectivity index (χ0) is 15.0. The molecule has 21 heavy (non-hydrogen) atoms. The van der Waals surface area contributed by atoms with Crippen molar-refractivity contribution < 1.29 is 18.8 Å². The molecule has 2 N–H and O–H groups in total. The molecule has 0 aromatic carbocycles. The van der Waals surface area contributed by atoms with Crippen LogP contribution in [-0.4, -0.2) is 28.1 Å². The largest absolute Gasteiger partial charge is 0.490 e. The maximum Gasteiger partial charge on any atom is 0.490 e. The lowest BCUT2D eigenvalue weighted by Crippen LogP contribution is -2.37. The van der Waals surface area contributed by atoms with Crippen molar-refractivity contribution in [2.75, 3.05) is 0 Å². The number of alkyl halides is 2. The Balaban J connectivity index is 1.87. The normalized spacial score (nSPS) is 22.9. The fourth-order valence-corrected chi connectivity index (χ4v) is 3.58. The second-order valence-electron chi connectivity index (χ2n) is 6.41. The van der Waals surface area contributed by atoms with Crippen LogP contribution < -0.4 is 5.46 Å². The Morgan fingerprint density at radius 1 is 1.10 bits per heavy atom. The summed E-state index contributed by atoms with van der Waals surface area (Å²) in [6.07, 6.45) is 6.67. The van der Waals surface area contributed by atoms with Gasteiger partial charge in [-0.15, -0.1) is 0 Å². The summed E-state index contributed by atoms with van der Waals surface area (Å²) in [7, 11) is -1.55. The first kappa shape index (κ1) is 14.9. The Bertz CT molecular complexity index is 510. The Kier molecular flexibility index (Phi) is 4.01. The van der Waals surface area contributed by atoms with E-state index in [1.807, 2.05) is 6.07 Å². The predicted octanol–water partition coefficient (Wildman–Crippen LogP) is 2.32. The molecule has 6 heteroatoms. The molecule has 2 fully saturated rings. The molecule has 0 saturated heterocycles. The molecule has 0 bridgehead atoms. The molecular weight excluding hydrogens is 275 g/mol. The van der Waals surface area contributed by atoms with E-state index in [0.29, 0.717) is 11.2 Å². The van der Waals surface area contributed by atoms with Crippen molar-refractivity contribution in [2.24, 2.45) is 0 Å². The highest BCUT2D eigenvalue weighted by molar-refractivity contribution is 6.59. The summed E-state index contributed by atoms with van der Waals surface area (Å²) >= 11 is 0. The van der Waals surface area contributed by atoms with Crippen LogP contribution in [0.5, 0.6) is 0 Å². The monoisotopic (exact) mass is 295 g/mol. The van der Waals surface area contributed by atoms with Crippen molar-refractivity contribution in [3.63, 3.8) is 0 Å². The van der Waals surface area contributed by atoms with Gasteiger partial charge in [-0.25, -0.2) is 8.78 Å². The highest BCUT2D eigenvalue weighted by atomic mass is 19.3. The first-order chi connectivity index (χ1) is 9.96. The molecule has 0 amide bonds. The van der Waals surface area contributed by atoms with Crippen LogP contribution in [0.4, 0.5) is 8.78 Å². The van der Waals surface area contributed by atoms with Gasteiger partial charge in [-0.05, 0) is 30.4 Å². The molecule has 0 aliphatic heterocycles. The van der Waals surface area contributed by atoms with Gasteiger partial charge in [0.2, 0.25) is 5.92 Å².